The minimum Gasteiger partial charge on any atom is -0.490 e. The number of rotatable bonds is 9. The zero-order valence-electron chi connectivity index (χ0n) is 12.8. The maximum atomic E-state index is 5.75. The Labute approximate surface area is 140 Å². The molecule has 3 nitrogen and oxygen atoms in total. The van der Waals surface area contributed by atoms with E-state index in [1.54, 1.807) is 0 Å². The highest BCUT2D eigenvalue weighted by Gasteiger charge is 2.12. The molecule has 1 aromatic rings. The minimum absolute atomic E-state index is 0.255. The highest BCUT2D eigenvalue weighted by molar-refractivity contribution is 9.10. The Morgan fingerprint density at radius 1 is 1.38 bits per heavy atom. The van der Waals surface area contributed by atoms with Crippen molar-refractivity contribution in [1.29, 1.82) is 0 Å². The van der Waals surface area contributed by atoms with Gasteiger partial charge in [-0.05, 0) is 53.0 Å². The van der Waals surface area contributed by atoms with Crippen molar-refractivity contribution in [3.8, 4) is 11.5 Å². The Morgan fingerprint density at radius 3 is 2.67 bits per heavy atom. The Kier molecular flexibility index (Phi) is 8.15. The van der Waals surface area contributed by atoms with Gasteiger partial charge in [-0.2, -0.15) is 0 Å². The van der Waals surface area contributed by atoms with Crippen molar-refractivity contribution in [2.24, 2.45) is 5.92 Å². The normalized spacial score (nSPS) is 10.8. The van der Waals surface area contributed by atoms with Crippen molar-refractivity contribution in [3.63, 3.8) is 0 Å². The molecule has 0 amide bonds. The van der Waals surface area contributed by atoms with Gasteiger partial charge in [0.15, 0.2) is 11.5 Å². The second-order valence-corrected chi connectivity index (χ2v) is 6.56. The van der Waals surface area contributed by atoms with E-state index in [-0.39, 0.29) is 6.61 Å². The van der Waals surface area contributed by atoms with Crippen LogP contribution in [0.3, 0.4) is 0 Å². The molecular formula is C16H23BrClNO2. The monoisotopic (exact) mass is 375 g/mol. The molecule has 0 saturated carbocycles. The van der Waals surface area contributed by atoms with Gasteiger partial charge in [0.2, 0.25) is 0 Å². The molecule has 0 radical (unpaired) electrons. The second-order valence-electron chi connectivity index (χ2n) is 5.17. The number of benzene rings is 1. The maximum Gasteiger partial charge on any atom is 0.175 e. The van der Waals surface area contributed by atoms with Gasteiger partial charge in [0, 0.05) is 11.6 Å². The smallest absolute Gasteiger partial charge is 0.175 e. The van der Waals surface area contributed by atoms with Crippen molar-refractivity contribution in [1.82, 2.24) is 5.32 Å². The Hall–Kier alpha value is -0.710. The van der Waals surface area contributed by atoms with Crippen LogP contribution in [0.15, 0.2) is 28.2 Å². The van der Waals surface area contributed by atoms with Gasteiger partial charge in [-0.15, -0.1) is 0 Å². The fourth-order valence-electron chi connectivity index (χ4n) is 1.78. The number of ether oxygens (including phenoxy) is 2. The molecule has 1 N–H and O–H groups in total. The molecule has 1 rings (SSSR count). The van der Waals surface area contributed by atoms with Crippen molar-refractivity contribution >= 4 is 27.5 Å². The molecule has 0 atom stereocenters. The maximum absolute atomic E-state index is 5.75. The SMILES string of the molecule is C=C(Cl)COc1c(Br)cc(CNCC(C)C)cc1OCC. The summed E-state index contributed by atoms with van der Waals surface area (Å²) in [6.07, 6.45) is 0. The van der Waals surface area contributed by atoms with Gasteiger partial charge in [0.1, 0.15) is 6.61 Å². The van der Waals surface area contributed by atoms with Crippen LogP contribution in [0.2, 0.25) is 0 Å². The van der Waals surface area contributed by atoms with Crippen molar-refractivity contribution in [2.45, 2.75) is 27.3 Å². The number of hydrogen-bond acceptors (Lipinski definition) is 3. The fraction of sp³-hybridized carbons (Fsp3) is 0.500. The van der Waals surface area contributed by atoms with E-state index < -0.39 is 0 Å². The quantitative estimate of drug-likeness (QED) is 0.676. The van der Waals surface area contributed by atoms with Crippen LogP contribution in [0.25, 0.3) is 0 Å². The minimum atomic E-state index is 0.255. The van der Waals surface area contributed by atoms with Crippen LogP contribution in [0.4, 0.5) is 0 Å². The van der Waals surface area contributed by atoms with E-state index in [0.717, 1.165) is 23.1 Å². The van der Waals surface area contributed by atoms with Gasteiger partial charge in [-0.1, -0.05) is 32.0 Å². The van der Waals surface area contributed by atoms with E-state index in [9.17, 15) is 0 Å². The third-order valence-corrected chi connectivity index (χ3v) is 3.32. The van der Waals surface area contributed by atoms with Gasteiger partial charge in [-0.3, -0.25) is 0 Å². The van der Waals surface area contributed by atoms with Gasteiger partial charge in [0.05, 0.1) is 11.1 Å². The van der Waals surface area contributed by atoms with Crippen LogP contribution in [-0.2, 0) is 6.54 Å². The number of halogens is 2. The average Bonchev–Trinajstić information content (AvgIpc) is 2.37. The predicted octanol–water partition coefficient (Wildman–Crippen LogP) is 4.72. The summed E-state index contributed by atoms with van der Waals surface area (Å²) in [5.41, 5.74) is 1.14. The zero-order chi connectivity index (χ0) is 15.8. The van der Waals surface area contributed by atoms with E-state index in [0.29, 0.717) is 29.1 Å². The number of hydrogen-bond donors (Lipinski definition) is 1. The summed E-state index contributed by atoms with van der Waals surface area (Å²) in [5, 5.41) is 3.87. The summed E-state index contributed by atoms with van der Waals surface area (Å²) >= 11 is 9.29. The molecule has 0 fully saturated rings. The van der Waals surface area contributed by atoms with Gasteiger partial charge in [-0.25, -0.2) is 0 Å². The summed E-state index contributed by atoms with van der Waals surface area (Å²) in [6.45, 7) is 12.5. The highest BCUT2D eigenvalue weighted by Crippen LogP contribution is 2.37. The first-order valence-electron chi connectivity index (χ1n) is 7.06. The molecule has 0 bridgehead atoms. The molecule has 118 valence electrons. The molecule has 0 aliphatic heterocycles. The molecule has 21 heavy (non-hydrogen) atoms. The van der Waals surface area contributed by atoms with Crippen LogP contribution < -0.4 is 14.8 Å². The van der Waals surface area contributed by atoms with Crippen molar-refractivity contribution in [2.75, 3.05) is 19.8 Å². The second kappa shape index (κ2) is 9.34. The molecule has 0 saturated heterocycles. The van der Waals surface area contributed by atoms with E-state index in [2.05, 4.69) is 41.7 Å². The molecule has 0 heterocycles. The average molecular weight is 377 g/mol. The first-order chi connectivity index (χ1) is 9.93. The lowest BCUT2D eigenvalue weighted by atomic mass is 10.2. The standard InChI is InChI=1S/C16H23BrClNO2/c1-5-20-15-7-13(9-19-8-11(2)3)6-14(17)16(15)21-10-12(4)18/h6-7,11,19H,4-5,8-10H2,1-3H3. The topological polar surface area (TPSA) is 30.5 Å². The fourth-order valence-corrected chi connectivity index (χ4v) is 2.44. The van der Waals surface area contributed by atoms with E-state index in [4.69, 9.17) is 21.1 Å². The molecule has 0 aromatic heterocycles. The Morgan fingerprint density at radius 2 is 2.10 bits per heavy atom. The molecule has 0 aliphatic rings. The van der Waals surface area contributed by atoms with Gasteiger partial charge < -0.3 is 14.8 Å². The molecule has 0 unspecified atom stereocenters. The predicted molar refractivity (Wildman–Crippen MR) is 92.3 cm³/mol. The summed E-state index contributed by atoms with van der Waals surface area (Å²) in [5.74, 6) is 1.99. The van der Waals surface area contributed by atoms with Crippen LogP contribution in [-0.4, -0.2) is 19.8 Å². The lowest BCUT2D eigenvalue weighted by Gasteiger charge is -2.16. The summed E-state index contributed by atoms with van der Waals surface area (Å²) in [7, 11) is 0. The summed E-state index contributed by atoms with van der Waals surface area (Å²) in [6, 6.07) is 4.02. The lowest BCUT2D eigenvalue weighted by Crippen LogP contribution is -2.19. The summed E-state index contributed by atoms with van der Waals surface area (Å²) < 4.78 is 12.2. The third kappa shape index (κ3) is 6.72. The summed E-state index contributed by atoms with van der Waals surface area (Å²) in [4.78, 5) is 0. The number of nitrogens with one attached hydrogen (secondary N) is 1. The zero-order valence-corrected chi connectivity index (χ0v) is 15.2. The van der Waals surface area contributed by atoms with E-state index >= 15 is 0 Å². The molecule has 0 aliphatic carbocycles. The van der Waals surface area contributed by atoms with Crippen LogP contribution in [0.5, 0.6) is 11.5 Å². The first-order valence-corrected chi connectivity index (χ1v) is 8.23. The van der Waals surface area contributed by atoms with Crippen LogP contribution in [0.1, 0.15) is 26.3 Å². The molecule has 1 aromatic carbocycles. The van der Waals surface area contributed by atoms with Crippen molar-refractivity contribution in [3.05, 3.63) is 33.8 Å². The Balaban J connectivity index is 2.86. The molecule has 0 spiro atoms. The van der Waals surface area contributed by atoms with Crippen molar-refractivity contribution < 1.29 is 9.47 Å². The largest absolute Gasteiger partial charge is 0.490 e. The molecular weight excluding hydrogens is 354 g/mol. The van der Waals surface area contributed by atoms with Crippen LogP contribution in [0, 0.1) is 5.92 Å². The Bertz CT molecular complexity index is 478. The van der Waals surface area contributed by atoms with E-state index in [1.165, 1.54) is 0 Å². The van der Waals surface area contributed by atoms with Crippen LogP contribution >= 0.6 is 27.5 Å². The van der Waals surface area contributed by atoms with E-state index in [1.807, 2.05) is 19.1 Å². The lowest BCUT2D eigenvalue weighted by molar-refractivity contribution is 0.294. The van der Waals surface area contributed by atoms with Gasteiger partial charge in [0.25, 0.3) is 0 Å². The highest BCUT2D eigenvalue weighted by atomic mass is 79.9. The molecule has 5 heteroatoms. The van der Waals surface area contributed by atoms with Gasteiger partial charge >= 0.3 is 0 Å². The third-order valence-electron chi connectivity index (χ3n) is 2.62. The first kappa shape index (κ1) is 18.3.